The van der Waals surface area contributed by atoms with Gasteiger partial charge in [-0.2, -0.15) is 0 Å². The van der Waals surface area contributed by atoms with Crippen LogP contribution in [0.25, 0.3) is 0 Å². The third-order valence-electron chi connectivity index (χ3n) is 1.70. The number of halogens is 1. The van der Waals surface area contributed by atoms with Gasteiger partial charge in [-0.15, -0.1) is 12.6 Å². The van der Waals surface area contributed by atoms with Gasteiger partial charge in [0.05, 0.1) is 0 Å². The number of benzene rings is 1. The summed E-state index contributed by atoms with van der Waals surface area (Å²) in [6.07, 6.45) is 0.940. The average Bonchev–Trinajstić information content (AvgIpc) is 2.08. The van der Waals surface area contributed by atoms with Crippen LogP contribution >= 0.6 is 35.2 Å². The Bertz CT molecular complexity index is 299. The summed E-state index contributed by atoms with van der Waals surface area (Å²) in [6.45, 7) is 1.88. The molecule has 12 heavy (non-hydrogen) atoms. The molecule has 0 N–H and O–H groups in total. The summed E-state index contributed by atoms with van der Waals surface area (Å²) in [5.41, 5.74) is 1.02. The second kappa shape index (κ2) is 4.28. The largest absolute Gasteiger partial charge is 0.303 e. The van der Waals surface area contributed by atoms with E-state index in [0.717, 1.165) is 20.3 Å². The van der Waals surface area contributed by atoms with Gasteiger partial charge in [-0.3, -0.25) is 0 Å². The SMILES string of the molecule is CC(C=O)c1ccc(I)c(S)c1. The minimum absolute atomic E-state index is 0.0344. The molecule has 0 spiro atoms. The van der Waals surface area contributed by atoms with Crippen molar-refractivity contribution in [3.63, 3.8) is 0 Å². The predicted octanol–water partition coefficient (Wildman–Crippen LogP) is 2.88. The predicted molar refractivity (Wildman–Crippen MR) is 60.9 cm³/mol. The van der Waals surface area contributed by atoms with Crippen LogP contribution in [-0.4, -0.2) is 6.29 Å². The highest BCUT2D eigenvalue weighted by Crippen LogP contribution is 2.21. The summed E-state index contributed by atoms with van der Waals surface area (Å²) in [5, 5.41) is 0. The molecule has 3 heteroatoms. The quantitative estimate of drug-likeness (QED) is 0.504. The van der Waals surface area contributed by atoms with Crippen LogP contribution in [0, 0.1) is 3.57 Å². The maximum Gasteiger partial charge on any atom is 0.127 e. The Labute approximate surface area is 91.1 Å². The van der Waals surface area contributed by atoms with Gasteiger partial charge < -0.3 is 4.79 Å². The summed E-state index contributed by atoms with van der Waals surface area (Å²) in [6, 6.07) is 5.86. The van der Waals surface area contributed by atoms with Crippen LogP contribution in [0.4, 0.5) is 0 Å². The second-order valence-corrected chi connectivity index (χ2v) is 4.28. The normalized spacial score (nSPS) is 12.6. The van der Waals surface area contributed by atoms with Gasteiger partial charge in [0.15, 0.2) is 0 Å². The number of carbonyl (C=O) groups is 1. The molecular formula is C9H9IOS. The van der Waals surface area contributed by atoms with E-state index in [9.17, 15) is 4.79 Å². The summed E-state index contributed by atoms with van der Waals surface area (Å²) < 4.78 is 1.11. The molecule has 0 aromatic heterocycles. The zero-order valence-electron chi connectivity index (χ0n) is 6.62. The number of rotatable bonds is 2. The minimum Gasteiger partial charge on any atom is -0.303 e. The lowest BCUT2D eigenvalue weighted by Crippen LogP contribution is -1.94. The molecule has 0 saturated carbocycles. The molecular weight excluding hydrogens is 283 g/mol. The Kier molecular flexibility index (Phi) is 3.58. The van der Waals surface area contributed by atoms with Crippen molar-refractivity contribution in [3.05, 3.63) is 27.3 Å². The average molecular weight is 292 g/mol. The van der Waals surface area contributed by atoms with Gasteiger partial charge in [0.1, 0.15) is 6.29 Å². The minimum atomic E-state index is -0.0344. The third kappa shape index (κ3) is 2.23. The Morgan fingerprint density at radius 3 is 2.75 bits per heavy atom. The van der Waals surface area contributed by atoms with Gasteiger partial charge in [-0.05, 0) is 40.3 Å². The van der Waals surface area contributed by atoms with Crippen molar-refractivity contribution >= 4 is 41.5 Å². The fourth-order valence-electron chi connectivity index (χ4n) is 0.891. The van der Waals surface area contributed by atoms with E-state index in [4.69, 9.17) is 0 Å². The third-order valence-corrected chi connectivity index (χ3v) is 3.44. The van der Waals surface area contributed by atoms with E-state index in [1.54, 1.807) is 0 Å². The molecule has 0 aliphatic rings. The van der Waals surface area contributed by atoms with Crippen molar-refractivity contribution in [2.24, 2.45) is 0 Å². The van der Waals surface area contributed by atoms with Gasteiger partial charge in [-0.1, -0.05) is 13.0 Å². The number of hydrogen-bond donors (Lipinski definition) is 1. The van der Waals surface area contributed by atoms with Gasteiger partial charge in [-0.25, -0.2) is 0 Å². The fraction of sp³-hybridized carbons (Fsp3) is 0.222. The molecule has 0 fully saturated rings. The maximum atomic E-state index is 10.5. The molecule has 1 rings (SSSR count). The van der Waals surface area contributed by atoms with Crippen LogP contribution in [0.3, 0.4) is 0 Å². The first-order valence-corrected chi connectivity index (χ1v) is 5.11. The lowest BCUT2D eigenvalue weighted by atomic mass is 10.0. The van der Waals surface area contributed by atoms with Crippen LogP contribution < -0.4 is 0 Å². The van der Waals surface area contributed by atoms with Crippen LogP contribution in [0.2, 0.25) is 0 Å². The van der Waals surface area contributed by atoms with E-state index in [2.05, 4.69) is 35.2 Å². The van der Waals surface area contributed by atoms with Crippen molar-refractivity contribution in [1.82, 2.24) is 0 Å². The zero-order valence-corrected chi connectivity index (χ0v) is 9.67. The molecule has 0 amide bonds. The monoisotopic (exact) mass is 292 g/mol. The second-order valence-electron chi connectivity index (χ2n) is 2.64. The topological polar surface area (TPSA) is 17.1 Å². The Balaban J connectivity index is 3.04. The molecule has 0 saturated heterocycles. The van der Waals surface area contributed by atoms with Gasteiger partial charge in [0.2, 0.25) is 0 Å². The van der Waals surface area contributed by atoms with E-state index < -0.39 is 0 Å². The molecule has 1 nitrogen and oxygen atoms in total. The Morgan fingerprint density at radius 2 is 2.25 bits per heavy atom. The van der Waals surface area contributed by atoms with Crippen molar-refractivity contribution in [3.8, 4) is 0 Å². The highest BCUT2D eigenvalue weighted by molar-refractivity contribution is 14.1. The summed E-state index contributed by atoms with van der Waals surface area (Å²) in [7, 11) is 0. The van der Waals surface area contributed by atoms with E-state index in [0.29, 0.717) is 0 Å². The Morgan fingerprint density at radius 1 is 1.58 bits per heavy atom. The van der Waals surface area contributed by atoms with E-state index in [-0.39, 0.29) is 5.92 Å². The first kappa shape index (κ1) is 10.1. The first-order chi connectivity index (χ1) is 5.65. The van der Waals surface area contributed by atoms with Gasteiger partial charge in [0, 0.05) is 14.4 Å². The molecule has 64 valence electrons. The number of hydrogen-bond acceptors (Lipinski definition) is 2. The van der Waals surface area contributed by atoms with Crippen molar-refractivity contribution in [2.45, 2.75) is 17.7 Å². The highest BCUT2D eigenvalue weighted by atomic mass is 127. The lowest BCUT2D eigenvalue weighted by molar-refractivity contribution is -0.108. The summed E-state index contributed by atoms with van der Waals surface area (Å²) >= 11 is 6.49. The van der Waals surface area contributed by atoms with Gasteiger partial charge in [0.25, 0.3) is 0 Å². The molecule has 1 atom stereocenters. The molecule has 1 aromatic rings. The van der Waals surface area contributed by atoms with Crippen LogP contribution in [-0.2, 0) is 4.79 Å². The van der Waals surface area contributed by atoms with Crippen molar-refractivity contribution < 1.29 is 4.79 Å². The first-order valence-electron chi connectivity index (χ1n) is 3.59. The molecule has 0 radical (unpaired) electrons. The molecule has 0 aliphatic heterocycles. The highest BCUT2D eigenvalue weighted by Gasteiger charge is 2.04. The van der Waals surface area contributed by atoms with E-state index in [1.807, 2.05) is 25.1 Å². The maximum absolute atomic E-state index is 10.5. The molecule has 0 bridgehead atoms. The molecule has 1 aromatic carbocycles. The standard InChI is InChI=1S/C9H9IOS/c1-6(5-11)7-2-3-8(10)9(12)4-7/h2-6,12H,1H3. The van der Waals surface area contributed by atoms with Crippen LogP contribution in [0.1, 0.15) is 18.4 Å². The number of thiol groups is 1. The smallest absolute Gasteiger partial charge is 0.127 e. The number of carbonyl (C=O) groups excluding carboxylic acids is 1. The van der Waals surface area contributed by atoms with Gasteiger partial charge >= 0.3 is 0 Å². The zero-order chi connectivity index (χ0) is 9.14. The fourth-order valence-corrected chi connectivity index (χ4v) is 1.45. The van der Waals surface area contributed by atoms with E-state index in [1.165, 1.54) is 0 Å². The lowest BCUT2D eigenvalue weighted by Gasteiger charge is -2.05. The number of aldehydes is 1. The van der Waals surface area contributed by atoms with Crippen LogP contribution in [0.5, 0.6) is 0 Å². The summed E-state index contributed by atoms with van der Waals surface area (Å²) in [5.74, 6) is -0.0344. The van der Waals surface area contributed by atoms with Crippen molar-refractivity contribution in [2.75, 3.05) is 0 Å². The summed E-state index contributed by atoms with van der Waals surface area (Å²) in [4.78, 5) is 11.4. The molecule has 0 aliphatic carbocycles. The molecule has 1 unspecified atom stereocenters. The van der Waals surface area contributed by atoms with Crippen LogP contribution in [0.15, 0.2) is 23.1 Å². The Hall–Kier alpha value is -0.0300. The van der Waals surface area contributed by atoms with E-state index >= 15 is 0 Å². The van der Waals surface area contributed by atoms with Crippen molar-refractivity contribution in [1.29, 1.82) is 0 Å². The molecule has 0 heterocycles.